The maximum Gasteiger partial charge on any atom is 0.349 e. The van der Waals surface area contributed by atoms with Crippen LogP contribution in [0.5, 0.6) is 0 Å². The molecule has 0 aliphatic heterocycles. The van der Waals surface area contributed by atoms with Crippen molar-refractivity contribution < 1.29 is 19.1 Å². The Balaban J connectivity index is 1.90. The van der Waals surface area contributed by atoms with Crippen LogP contribution < -0.4 is 5.32 Å². The van der Waals surface area contributed by atoms with E-state index in [-0.39, 0.29) is 5.91 Å². The number of thiophene rings is 1. The molecule has 122 valence electrons. The summed E-state index contributed by atoms with van der Waals surface area (Å²) in [6.07, 6.45) is 4.88. The second kappa shape index (κ2) is 8.29. The third-order valence-electron chi connectivity index (χ3n) is 3.71. The predicted molar refractivity (Wildman–Crippen MR) is 85.3 cm³/mol. The zero-order valence-corrected chi connectivity index (χ0v) is 14.0. The van der Waals surface area contributed by atoms with Gasteiger partial charge in [-0.05, 0) is 44.2 Å². The molecule has 1 aliphatic carbocycles. The lowest BCUT2D eigenvalue weighted by atomic mass is 10.1. The molecule has 0 fully saturated rings. The molecule has 0 aromatic carbocycles. The molecular formula is C16H23NO4S. The predicted octanol–water partition coefficient (Wildman–Crippen LogP) is 2.32. The van der Waals surface area contributed by atoms with E-state index < -0.39 is 12.1 Å². The number of fused-ring (bicyclic) bond motifs is 1. The van der Waals surface area contributed by atoms with Crippen LogP contribution in [0.3, 0.4) is 0 Å². The van der Waals surface area contributed by atoms with Gasteiger partial charge in [0, 0.05) is 18.5 Å². The van der Waals surface area contributed by atoms with Gasteiger partial charge in [0.1, 0.15) is 4.88 Å². The average Bonchev–Trinajstić information content (AvgIpc) is 2.78. The second-order valence-electron chi connectivity index (χ2n) is 5.45. The first-order chi connectivity index (χ1) is 10.6. The van der Waals surface area contributed by atoms with Crippen LogP contribution in [-0.4, -0.2) is 38.2 Å². The van der Waals surface area contributed by atoms with Gasteiger partial charge >= 0.3 is 5.97 Å². The van der Waals surface area contributed by atoms with Crippen LogP contribution in [0, 0.1) is 0 Å². The zero-order valence-electron chi connectivity index (χ0n) is 13.1. The van der Waals surface area contributed by atoms with Crippen molar-refractivity contribution in [1.82, 2.24) is 5.32 Å². The number of hydrogen-bond acceptors (Lipinski definition) is 5. The minimum atomic E-state index is -0.800. The van der Waals surface area contributed by atoms with Gasteiger partial charge in [0.05, 0.1) is 6.61 Å². The van der Waals surface area contributed by atoms with Gasteiger partial charge in [-0.1, -0.05) is 6.42 Å². The van der Waals surface area contributed by atoms with E-state index in [0.29, 0.717) is 18.0 Å². The summed E-state index contributed by atoms with van der Waals surface area (Å²) in [7, 11) is 1.57. The molecule has 1 atom stereocenters. The number of carbonyl (C=O) groups is 2. The first kappa shape index (κ1) is 17.0. The Morgan fingerprint density at radius 2 is 2.09 bits per heavy atom. The van der Waals surface area contributed by atoms with Gasteiger partial charge in [-0.15, -0.1) is 11.3 Å². The Hall–Kier alpha value is -1.40. The lowest BCUT2D eigenvalue weighted by Gasteiger charge is -2.12. The van der Waals surface area contributed by atoms with E-state index in [9.17, 15) is 9.59 Å². The van der Waals surface area contributed by atoms with Crippen molar-refractivity contribution in [2.24, 2.45) is 0 Å². The van der Waals surface area contributed by atoms with Gasteiger partial charge < -0.3 is 14.8 Å². The Morgan fingerprint density at radius 3 is 2.86 bits per heavy atom. The number of amides is 1. The fraction of sp³-hybridized carbons (Fsp3) is 0.625. The fourth-order valence-corrected chi connectivity index (χ4v) is 3.60. The summed E-state index contributed by atoms with van der Waals surface area (Å²) >= 11 is 1.51. The van der Waals surface area contributed by atoms with Crippen molar-refractivity contribution in [3.05, 3.63) is 21.4 Å². The monoisotopic (exact) mass is 325 g/mol. The Bertz CT molecular complexity index is 503. The minimum absolute atomic E-state index is 0.302. The number of rotatable bonds is 6. The molecule has 0 saturated heterocycles. The van der Waals surface area contributed by atoms with Crippen LogP contribution in [0.4, 0.5) is 0 Å². The summed E-state index contributed by atoms with van der Waals surface area (Å²) in [5.74, 6) is -0.712. The van der Waals surface area contributed by atoms with Crippen LogP contribution in [0.2, 0.25) is 0 Å². The van der Waals surface area contributed by atoms with Crippen molar-refractivity contribution in [2.75, 3.05) is 20.3 Å². The highest BCUT2D eigenvalue weighted by atomic mass is 32.1. The smallest absolute Gasteiger partial charge is 0.349 e. The largest absolute Gasteiger partial charge is 0.448 e. The van der Waals surface area contributed by atoms with Crippen molar-refractivity contribution in [2.45, 2.75) is 45.1 Å². The molecule has 6 heteroatoms. The van der Waals surface area contributed by atoms with Crippen LogP contribution >= 0.6 is 11.3 Å². The molecule has 0 unspecified atom stereocenters. The van der Waals surface area contributed by atoms with E-state index in [4.69, 9.17) is 9.47 Å². The quantitative estimate of drug-likeness (QED) is 0.495. The molecule has 5 nitrogen and oxygen atoms in total. The Morgan fingerprint density at radius 1 is 1.32 bits per heavy atom. The molecule has 1 N–H and O–H groups in total. The summed E-state index contributed by atoms with van der Waals surface area (Å²) < 4.78 is 10.1. The van der Waals surface area contributed by atoms with Gasteiger partial charge in [0.25, 0.3) is 5.91 Å². The molecule has 1 amide bonds. The van der Waals surface area contributed by atoms with Crippen LogP contribution in [-0.2, 0) is 27.1 Å². The van der Waals surface area contributed by atoms with Crippen LogP contribution in [0.25, 0.3) is 0 Å². The zero-order chi connectivity index (χ0) is 15.9. The molecule has 0 radical (unpaired) electrons. The van der Waals surface area contributed by atoms with Crippen molar-refractivity contribution in [3.8, 4) is 0 Å². The highest BCUT2D eigenvalue weighted by molar-refractivity contribution is 7.14. The van der Waals surface area contributed by atoms with E-state index in [1.165, 1.54) is 41.0 Å². The number of nitrogens with one attached hydrogen (secondary N) is 1. The van der Waals surface area contributed by atoms with Gasteiger partial charge in [0.15, 0.2) is 6.10 Å². The molecular weight excluding hydrogens is 302 g/mol. The van der Waals surface area contributed by atoms with Crippen molar-refractivity contribution >= 4 is 23.2 Å². The first-order valence-electron chi connectivity index (χ1n) is 7.71. The number of ether oxygens (including phenoxy) is 2. The standard InChI is InChI=1S/C16H23NO4S/c1-11(15(18)17-8-9-20-2)21-16(19)14-10-12-6-4-3-5-7-13(12)22-14/h10-11H,3-9H2,1-2H3,(H,17,18)/t11-/m1/s1. The van der Waals surface area contributed by atoms with Gasteiger partial charge in [-0.3, -0.25) is 4.79 Å². The molecule has 1 aromatic heterocycles. The molecule has 22 heavy (non-hydrogen) atoms. The molecule has 1 aliphatic rings. The van der Waals surface area contributed by atoms with Gasteiger partial charge in [-0.25, -0.2) is 4.79 Å². The van der Waals surface area contributed by atoms with E-state index in [2.05, 4.69) is 5.32 Å². The lowest BCUT2D eigenvalue weighted by Crippen LogP contribution is -2.37. The summed E-state index contributed by atoms with van der Waals surface area (Å²) in [5.41, 5.74) is 1.27. The lowest BCUT2D eigenvalue weighted by molar-refractivity contribution is -0.129. The first-order valence-corrected chi connectivity index (χ1v) is 8.52. The topological polar surface area (TPSA) is 64.6 Å². The number of aryl methyl sites for hydroxylation is 2. The number of carbonyl (C=O) groups excluding carboxylic acids is 2. The molecule has 0 bridgehead atoms. The third kappa shape index (κ3) is 4.55. The summed E-state index contributed by atoms with van der Waals surface area (Å²) in [6, 6.07) is 1.93. The van der Waals surface area contributed by atoms with Crippen molar-refractivity contribution in [1.29, 1.82) is 0 Å². The van der Waals surface area contributed by atoms with Gasteiger partial charge in [-0.2, -0.15) is 0 Å². The third-order valence-corrected chi connectivity index (χ3v) is 4.92. The SMILES string of the molecule is COCCNC(=O)[C@@H](C)OC(=O)c1cc2c(s1)CCCCC2. The Labute approximate surface area is 135 Å². The molecule has 0 spiro atoms. The summed E-state index contributed by atoms with van der Waals surface area (Å²) in [6.45, 7) is 2.42. The second-order valence-corrected chi connectivity index (χ2v) is 6.59. The number of hydrogen-bond donors (Lipinski definition) is 1. The van der Waals surface area contributed by atoms with Crippen LogP contribution in [0.15, 0.2) is 6.07 Å². The van der Waals surface area contributed by atoms with E-state index >= 15 is 0 Å². The Kier molecular flexibility index (Phi) is 6.39. The highest BCUT2D eigenvalue weighted by Crippen LogP contribution is 2.29. The normalized spacial score (nSPS) is 15.5. The minimum Gasteiger partial charge on any atom is -0.448 e. The average molecular weight is 325 g/mol. The van der Waals surface area contributed by atoms with E-state index in [0.717, 1.165) is 12.8 Å². The van der Waals surface area contributed by atoms with Gasteiger partial charge in [0.2, 0.25) is 0 Å². The summed E-state index contributed by atoms with van der Waals surface area (Å²) in [5, 5.41) is 2.66. The summed E-state index contributed by atoms with van der Waals surface area (Å²) in [4.78, 5) is 25.9. The fourth-order valence-electron chi connectivity index (χ4n) is 2.46. The maximum atomic E-state index is 12.2. The van der Waals surface area contributed by atoms with E-state index in [1.807, 2.05) is 6.07 Å². The molecule has 1 heterocycles. The van der Waals surface area contributed by atoms with Crippen molar-refractivity contribution in [3.63, 3.8) is 0 Å². The molecule has 2 rings (SSSR count). The number of methoxy groups -OCH3 is 1. The highest BCUT2D eigenvalue weighted by Gasteiger charge is 2.22. The maximum absolute atomic E-state index is 12.2. The number of esters is 1. The van der Waals surface area contributed by atoms with Crippen LogP contribution in [0.1, 0.15) is 46.3 Å². The molecule has 1 aromatic rings. The van der Waals surface area contributed by atoms with E-state index in [1.54, 1.807) is 14.0 Å². The molecule has 0 saturated carbocycles.